The molecule has 0 fully saturated rings. The number of nitrogens with zero attached hydrogens (tertiary/aromatic N) is 4. The van der Waals surface area contributed by atoms with Crippen LogP contribution < -0.4 is 19.6 Å². The predicted octanol–water partition coefficient (Wildman–Crippen LogP) is 32.9. The van der Waals surface area contributed by atoms with E-state index in [1.807, 2.05) is 0 Å². The summed E-state index contributed by atoms with van der Waals surface area (Å²) >= 11 is 0. The van der Waals surface area contributed by atoms with Crippen LogP contribution in [0.25, 0.3) is 122 Å². The fourth-order valence-corrected chi connectivity index (χ4v) is 16.9. The van der Waals surface area contributed by atoms with Gasteiger partial charge in [-0.15, -0.1) is 0 Å². The summed E-state index contributed by atoms with van der Waals surface area (Å²) in [5, 5.41) is 4.77. The van der Waals surface area contributed by atoms with Gasteiger partial charge in [0.2, 0.25) is 0 Å². The van der Waals surface area contributed by atoms with Gasteiger partial charge in [0.15, 0.2) is 0 Å². The van der Waals surface area contributed by atoms with E-state index in [-0.39, 0.29) is 0 Å². The minimum atomic E-state index is 1.06. The van der Waals surface area contributed by atoms with Crippen LogP contribution in [-0.4, -0.2) is 0 Å². The fourth-order valence-electron chi connectivity index (χ4n) is 16.9. The Morgan fingerprint density at radius 3 is 0.475 bits per heavy atom. The average Bonchev–Trinajstić information content (AvgIpc) is 0.775. The van der Waals surface area contributed by atoms with E-state index in [1.165, 1.54) is 66.1 Å². The number of hydrogen-bond donors (Lipinski definition) is 0. The van der Waals surface area contributed by atoms with Crippen molar-refractivity contribution in [2.75, 3.05) is 19.6 Å². The zero-order valence-electron chi connectivity index (χ0n) is 66.1. The Hall–Kier alpha value is -15.9. The van der Waals surface area contributed by atoms with Crippen LogP contribution in [0.4, 0.5) is 68.2 Å². The molecule has 0 amide bonds. The molecule has 4 heteroatoms. The minimum Gasteiger partial charge on any atom is -0.311 e. The maximum absolute atomic E-state index is 2.39. The summed E-state index contributed by atoms with van der Waals surface area (Å²) in [6.07, 6.45) is 0. The van der Waals surface area contributed by atoms with E-state index >= 15 is 0 Å². The second-order valence-electron chi connectivity index (χ2n) is 30.4. The first-order valence-electron chi connectivity index (χ1n) is 41.1. The summed E-state index contributed by atoms with van der Waals surface area (Å²) in [6, 6.07) is 180. The van der Waals surface area contributed by atoms with Crippen LogP contribution in [0.15, 0.2) is 497 Å². The smallest absolute Gasteiger partial charge is 0.0540 e. The van der Waals surface area contributed by atoms with Gasteiger partial charge < -0.3 is 19.6 Å². The molecule has 566 valence electrons. The van der Waals surface area contributed by atoms with Crippen LogP contribution in [-0.2, 0) is 0 Å². The van der Waals surface area contributed by atoms with Crippen molar-refractivity contribution < 1.29 is 0 Å². The second-order valence-corrected chi connectivity index (χ2v) is 30.4. The summed E-state index contributed by atoms with van der Waals surface area (Å²) < 4.78 is 0. The highest BCUT2D eigenvalue weighted by Gasteiger charge is 2.22. The number of hydrogen-bond acceptors (Lipinski definition) is 4. The van der Waals surface area contributed by atoms with Crippen LogP contribution >= 0.6 is 0 Å². The van der Waals surface area contributed by atoms with E-state index in [9.17, 15) is 0 Å². The molecule has 0 bridgehead atoms. The normalized spacial score (nSPS) is 11.2. The van der Waals surface area contributed by atoms with E-state index < -0.39 is 0 Å². The largest absolute Gasteiger partial charge is 0.311 e. The molecule has 20 rings (SSSR count). The maximum Gasteiger partial charge on any atom is 0.0540 e. The van der Waals surface area contributed by atoms with Crippen molar-refractivity contribution in [1.82, 2.24) is 0 Å². The van der Waals surface area contributed by atoms with E-state index in [0.717, 1.165) is 124 Å². The van der Waals surface area contributed by atoms with Gasteiger partial charge in [-0.2, -0.15) is 0 Å². The third-order valence-electron chi connectivity index (χ3n) is 23.1. The lowest BCUT2D eigenvalue weighted by Gasteiger charge is -2.28. The molecular weight excluding hydrogens is 1450 g/mol. The van der Waals surface area contributed by atoms with E-state index in [1.54, 1.807) is 0 Å². The third-order valence-corrected chi connectivity index (χ3v) is 23.1. The topological polar surface area (TPSA) is 13.0 Å². The molecule has 0 aliphatic rings. The first kappa shape index (κ1) is 73.0. The molecule has 20 aromatic rings. The van der Waals surface area contributed by atoms with Crippen LogP contribution in [0.2, 0.25) is 0 Å². The molecular formula is C116H82N4. The van der Waals surface area contributed by atoms with Gasteiger partial charge in [0.05, 0.1) is 11.4 Å². The van der Waals surface area contributed by atoms with Crippen LogP contribution in [0.1, 0.15) is 0 Å². The number of rotatable bonds is 21. The predicted molar refractivity (Wildman–Crippen MR) is 509 cm³/mol. The molecule has 0 radical (unpaired) electrons. The lowest BCUT2D eigenvalue weighted by atomic mass is 9.96. The van der Waals surface area contributed by atoms with Crippen molar-refractivity contribution >= 4 is 89.8 Å². The molecule has 0 heterocycles. The number of anilines is 12. The summed E-state index contributed by atoms with van der Waals surface area (Å²) in [5.74, 6) is 0. The Kier molecular flexibility index (Phi) is 20.2. The summed E-state index contributed by atoms with van der Waals surface area (Å²) in [5.41, 5.74) is 33.9. The first-order valence-corrected chi connectivity index (χ1v) is 41.1. The third kappa shape index (κ3) is 15.2. The summed E-state index contributed by atoms with van der Waals surface area (Å²) in [7, 11) is 0. The second kappa shape index (κ2) is 33.1. The quantitative estimate of drug-likeness (QED) is 0.0711. The molecule has 120 heavy (non-hydrogen) atoms. The van der Waals surface area contributed by atoms with E-state index in [0.29, 0.717) is 0 Å². The van der Waals surface area contributed by atoms with Gasteiger partial charge in [-0.05, 0) is 257 Å². The number of benzene rings is 20. The molecule has 0 aromatic heterocycles. The molecule has 0 atom stereocenters. The van der Waals surface area contributed by atoms with Crippen molar-refractivity contribution in [1.29, 1.82) is 0 Å². The first-order chi connectivity index (χ1) is 59.5. The fraction of sp³-hybridized carbons (Fsp3) is 0. The Bertz CT molecular complexity index is 6810. The van der Waals surface area contributed by atoms with Crippen LogP contribution in [0.3, 0.4) is 0 Å². The molecule has 0 aliphatic carbocycles. The molecule has 0 spiro atoms. The van der Waals surface area contributed by atoms with E-state index in [2.05, 4.69) is 517 Å². The Labute approximate surface area is 702 Å². The van der Waals surface area contributed by atoms with Crippen LogP contribution in [0.5, 0.6) is 0 Å². The average molecular weight is 1530 g/mol. The standard InChI is InChI=1S/C116H82N4/c1-5-21-83(22-6-1)87-41-61-103(62-42-87)117(104-63-43-88(44-64-104)84-23-7-2-8-24-84)106-67-47-91(48-68-106)92-49-69-107(70-50-92)118(105-65-45-89(46-66-105)85-25-9-3-10-26-85)108-71-57-95(58-72-108)99-33-17-35-101(81-99)102-36-18-34-100(82-102)96-59-79-112(80-60-96)120(116-40-20-32-98-30-14-16-38-114(98)116)111-77-55-94(56-78-111)93-53-75-110(76-54-93)119(115-39-19-31-97-29-13-15-37-113(97)115)109-73-51-90(52-74-109)86-27-11-4-12-28-86/h1-82H. The summed E-state index contributed by atoms with van der Waals surface area (Å²) in [4.78, 5) is 9.47. The lowest BCUT2D eigenvalue weighted by Crippen LogP contribution is -2.10. The highest BCUT2D eigenvalue weighted by Crippen LogP contribution is 2.46. The van der Waals surface area contributed by atoms with E-state index in [4.69, 9.17) is 0 Å². The van der Waals surface area contributed by atoms with Gasteiger partial charge in [-0.1, -0.05) is 352 Å². The van der Waals surface area contributed by atoms with Crippen LogP contribution in [0, 0.1) is 0 Å². The van der Waals surface area contributed by atoms with Gasteiger partial charge >= 0.3 is 0 Å². The van der Waals surface area contributed by atoms with Gasteiger partial charge in [-0.25, -0.2) is 0 Å². The Morgan fingerprint density at radius 1 is 0.100 bits per heavy atom. The molecule has 0 unspecified atom stereocenters. The zero-order valence-corrected chi connectivity index (χ0v) is 66.1. The summed E-state index contributed by atoms with van der Waals surface area (Å²) in [6.45, 7) is 0. The molecule has 0 saturated carbocycles. The van der Waals surface area contributed by atoms with Gasteiger partial charge in [0.25, 0.3) is 0 Å². The Balaban J connectivity index is 0.558. The lowest BCUT2D eigenvalue weighted by molar-refractivity contribution is 1.28. The SMILES string of the molecule is c1ccc(-c2ccc(N(c3ccc(-c4ccccc4)cc3)c3ccc(-c4ccc(N(c5ccc(-c6ccccc6)cc5)c5ccc(-c6cccc(-c7cccc(-c8ccc(N(c9ccc(-c%10ccc(N(c%11ccc(-c%12ccccc%12)cc%11)c%11cccc%12ccccc%11%12)cc%10)cc9)c9cccc%10ccccc9%10)cc8)c7)c6)cc5)cc4)cc3)cc2)cc1. The van der Waals surface area contributed by atoms with Crippen molar-refractivity contribution in [3.8, 4) is 100 Å². The maximum atomic E-state index is 2.39. The van der Waals surface area contributed by atoms with Crippen molar-refractivity contribution in [2.24, 2.45) is 0 Å². The molecule has 0 aliphatic heterocycles. The molecule has 0 N–H and O–H groups in total. The Morgan fingerprint density at radius 2 is 0.250 bits per heavy atom. The zero-order chi connectivity index (χ0) is 79.9. The van der Waals surface area contributed by atoms with Crippen molar-refractivity contribution in [2.45, 2.75) is 0 Å². The molecule has 0 saturated heterocycles. The molecule has 20 aromatic carbocycles. The van der Waals surface area contributed by atoms with Gasteiger partial charge in [0, 0.05) is 67.6 Å². The molecule has 4 nitrogen and oxygen atoms in total. The highest BCUT2D eigenvalue weighted by atomic mass is 15.2. The van der Waals surface area contributed by atoms with Crippen molar-refractivity contribution in [3.63, 3.8) is 0 Å². The van der Waals surface area contributed by atoms with Crippen molar-refractivity contribution in [3.05, 3.63) is 497 Å². The van der Waals surface area contributed by atoms with Gasteiger partial charge in [-0.3, -0.25) is 0 Å². The monoisotopic (exact) mass is 1530 g/mol. The number of fused-ring (bicyclic) bond motifs is 2. The minimum absolute atomic E-state index is 1.06. The highest BCUT2D eigenvalue weighted by molar-refractivity contribution is 6.01. The van der Waals surface area contributed by atoms with Gasteiger partial charge in [0.1, 0.15) is 0 Å².